The number of ether oxygens (including phenoxy) is 1. The van der Waals surface area contributed by atoms with E-state index in [1.54, 1.807) is 6.07 Å². The maximum atomic E-state index is 12.5. The van der Waals surface area contributed by atoms with Crippen LogP contribution in [0.1, 0.15) is 6.42 Å². The zero-order chi connectivity index (χ0) is 17.7. The van der Waals surface area contributed by atoms with Crippen LogP contribution in [0, 0.1) is 0 Å². The number of sulfone groups is 1. The van der Waals surface area contributed by atoms with E-state index in [1.165, 1.54) is 24.3 Å². The maximum absolute atomic E-state index is 12.5. The number of pyridine rings is 1. The Kier molecular flexibility index (Phi) is 6.14. The lowest BCUT2D eigenvalue weighted by Crippen LogP contribution is -2.48. The molecule has 0 radical (unpaired) electrons. The zero-order valence-electron chi connectivity index (χ0n) is 13.1. The first-order valence-corrected chi connectivity index (χ1v) is 9.46. The molecule has 1 unspecified atom stereocenters. The summed E-state index contributed by atoms with van der Waals surface area (Å²) in [6, 6.07) is 2.55. The third-order valence-corrected chi connectivity index (χ3v) is 5.70. The van der Waals surface area contributed by atoms with Crippen LogP contribution in [0.2, 0.25) is 5.15 Å². The molecule has 2 heterocycles. The van der Waals surface area contributed by atoms with Gasteiger partial charge in [0, 0.05) is 25.9 Å². The van der Waals surface area contributed by atoms with E-state index in [-0.39, 0.29) is 35.5 Å². The number of rotatable bonds is 5. The second-order valence-electron chi connectivity index (χ2n) is 5.34. The molecule has 8 nitrogen and oxygen atoms in total. The summed E-state index contributed by atoms with van der Waals surface area (Å²) in [5, 5.41) is 2.46. The summed E-state index contributed by atoms with van der Waals surface area (Å²) >= 11 is 5.85. The van der Waals surface area contributed by atoms with Crippen molar-refractivity contribution >= 4 is 38.9 Å². The van der Waals surface area contributed by atoms with Crippen molar-refractivity contribution in [2.24, 2.45) is 0 Å². The van der Waals surface area contributed by atoms with Crippen LogP contribution in [0.25, 0.3) is 0 Å². The molecule has 1 aliphatic rings. The van der Waals surface area contributed by atoms with Gasteiger partial charge in [0.15, 0.2) is 15.0 Å². The summed E-state index contributed by atoms with van der Waals surface area (Å²) in [6.07, 6.45) is 1.76. The highest BCUT2D eigenvalue weighted by molar-refractivity contribution is 7.91. The van der Waals surface area contributed by atoms with E-state index in [1.807, 2.05) is 0 Å². The van der Waals surface area contributed by atoms with Crippen LogP contribution in [-0.2, 0) is 24.2 Å². The molecule has 1 N–H and O–H groups in total. The monoisotopic (exact) mass is 375 g/mol. The van der Waals surface area contributed by atoms with E-state index in [9.17, 15) is 18.0 Å². The fourth-order valence-electron chi connectivity index (χ4n) is 2.45. The topological polar surface area (TPSA) is 106 Å². The van der Waals surface area contributed by atoms with Gasteiger partial charge in [-0.05, 0) is 18.6 Å². The second kappa shape index (κ2) is 7.91. The van der Waals surface area contributed by atoms with E-state index < -0.39 is 27.7 Å². The minimum Gasteiger partial charge on any atom is -0.383 e. The molecule has 1 aliphatic heterocycles. The van der Waals surface area contributed by atoms with Gasteiger partial charge in [-0.15, -0.1) is 0 Å². The standard InChI is InChI=1S/C14H18ClN3O5S/c1-23-7-6-18(10-4-8-24(21,22)9-10)14(20)13(19)17-11-3-2-5-16-12(11)15/h2-3,5,10H,4,6-9H2,1H3,(H,17,19). The lowest BCUT2D eigenvalue weighted by molar-refractivity contribution is -0.144. The van der Waals surface area contributed by atoms with Crippen molar-refractivity contribution < 1.29 is 22.7 Å². The molecular formula is C14H18ClN3O5S. The van der Waals surface area contributed by atoms with Crippen LogP contribution in [0.3, 0.4) is 0 Å². The van der Waals surface area contributed by atoms with Gasteiger partial charge in [-0.2, -0.15) is 0 Å². The van der Waals surface area contributed by atoms with E-state index in [0.29, 0.717) is 6.42 Å². The molecule has 0 bridgehead atoms. The summed E-state index contributed by atoms with van der Waals surface area (Å²) in [4.78, 5) is 29.7. The Morgan fingerprint density at radius 3 is 2.83 bits per heavy atom. The maximum Gasteiger partial charge on any atom is 0.314 e. The number of anilines is 1. The third-order valence-electron chi connectivity index (χ3n) is 3.65. The van der Waals surface area contributed by atoms with Gasteiger partial charge in [0.05, 0.1) is 23.8 Å². The quantitative estimate of drug-likeness (QED) is 0.587. The molecule has 2 amide bonds. The highest BCUT2D eigenvalue weighted by Gasteiger charge is 2.36. The SMILES string of the molecule is COCCN(C(=O)C(=O)Nc1cccnc1Cl)C1CCS(=O)(=O)C1. The van der Waals surface area contributed by atoms with Crippen LogP contribution in [-0.4, -0.2) is 67.9 Å². The molecule has 1 atom stereocenters. The Labute approximate surface area is 145 Å². The van der Waals surface area contributed by atoms with Crippen LogP contribution < -0.4 is 5.32 Å². The van der Waals surface area contributed by atoms with Gasteiger partial charge in [0.25, 0.3) is 0 Å². The van der Waals surface area contributed by atoms with Crippen LogP contribution >= 0.6 is 11.6 Å². The van der Waals surface area contributed by atoms with Crippen molar-refractivity contribution in [3.05, 3.63) is 23.5 Å². The van der Waals surface area contributed by atoms with Crippen molar-refractivity contribution in [1.82, 2.24) is 9.88 Å². The molecule has 1 fully saturated rings. The number of carbonyl (C=O) groups is 2. The Hall–Kier alpha value is -1.71. The Morgan fingerprint density at radius 1 is 1.50 bits per heavy atom. The number of hydrogen-bond acceptors (Lipinski definition) is 6. The normalized spacial score (nSPS) is 19.0. The van der Waals surface area contributed by atoms with Crippen molar-refractivity contribution in [2.45, 2.75) is 12.5 Å². The van der Waals surface area contributed by atoms with E-state index in [2.05, 4.69) is 10.3 Å². The zero-order valence-corrected chi connectivity index (χ0v) is 14.6. The predicted molar refractivity (Wildman–Crippen MR) is 88.5 cm³/mol. The lowest BCUT2D eigenvalue weighted by Gasteiger charge is -2.27. The molecule has 0 aromatic carbocycles. The molecular weight excluding hydrogens is 358 g/mol. The van der Waals surface area contributed by atoms with Gasteiger partial charge in [0.1, 0.15) is 0 Å². The number of nitrogens with zero attached hydrogens (tertiary/aromatic N) is 2. The third kappa shape index (κ3) is 4.65. The van der Waals surface area contributed by atoms with Crippen molar-refractivity contribution in [2.75, 3.05) is 37.1 Å². The summed E-state index contributed by atoms with van der Waals surface area (Å²) in [5.41, 5.74) is 0.211. The van der Waals surface area contributed by atoms with Gasteiger partial charge in [-0.25, -0.2) is 13.4 Å². The first-order valence-electron chi connectivity index (χ1n) is 7.26. The molecule has 1 aromatic rings. The number of hydrogen-bond donors (Lipinski definition) is 1. The van der Waals surface area contributed by atoms with Crippen molar-refractivity contribution in [3.8, 4) is 0 Å². The number of carbonyl (C=O) groups excluding carboxylic acids is 2. The van der Waals surface area contributed by atoms with Gasteiger partial charge in [0.2, 0.25) is 0 Å². The van der Waals surface area contributed by atoms with Gasteiger partial charge in [-0.3, -0.25) is 9.59 Å². The lowest BCUT2D eigenvalue weighted by atomic mass is 10.2. The van der Waals surface area contributed by atoms with Crippen LogP contribution in [0.4, 0.5) is 5.69 Å². The van der Waals surface area contributed by atoms with Gasteiger partial charge in [-0.1, -0.05) is 11.6 Å². The minimum atomic E-state index is -3.19. The first kappa shape index (κ1) is 18.6. The van der Waals surface area contributed by atoms with E-state index in [0.717, 1.165) is 0 Å². The van der Waals surface area contributed by atoms with Crippen molar-refractivity contribution in [1.29, 1.82) is 0 Å². The fourth-order valence-corrected chi connectivity index (χ4v) is 4.34. The second-order valence-corrected chi connectivity index (χ2v) is 7.93. The average Bonchev–Trinajstić information content (AvgIpc) is 2.89. The molecule has 0 aliphatic carbocycles. The molecule has 10 heteroatoms. The van der Waals surface area contributed by atoms with Gasteiger partial charge < -0.3 is 15.0 Å². The Morgan fingerprint density at radius 2 is 2.25 bits per heavy atom. The molecule has 2 rings (SSSR count). The number of amides is 2. The highest BCUT2D eigenvalue weighted by Crippen LogP contribution is 2.20. The Balaban J connectivity index is 2.12. The molecule has 0 saturated carbocycles. The first-order chi connectivity index (χ1) is 11.3. The fraction of sp³-hybridized carbons (Fsp3) is 0.500. The molecule has 1 aromatic heterocycles. The highest BCUT2D eigenvalue weighted by atomic mass is 35.5. The van der Waals surface area contributed by atoms with Crippen LogP contribution in [0.15, 0.2) is 18.3 Å². The number of nitrogens with one attached hydrogen (secondary N) is 1. The van der Waals surface area contributed by atoms with Crippen molar-refractivity contribution in [3.63, 3.8) is 0 Å². The molecule has 132 valence electrons. The molecule has 24 heavy (non-hydrogen) atoms. The Bertz CT molecular complexity index is 725. The van der Waals surface area contributed by atoms with E-state index in [4.69, 9.17) is 16.3 Å². The summed E-state index contributed by atoms with van der Waals surface area (Å²) in [6.45, 7) is 0.326. The van der Waals surface area contributed by atoms with Crippen LogP contribution in [0.5, 0.6) is 0 Å². The van der Waals surface area contributed by atoms with Gasteiger partial charge >= 0.3 is 11.8 Å². The summed E-state index contributed by atoms with van der Waals surface area (Å²) in [7, 11) is -1.73. The molecule has 1 saturated heterocycles. The molecule has 0 spiro atoms. The summed E-state index contributed by atoms with van der Waals surface area (Å²) in [5.74, 6) is -1.87. The predicted octanol–water partition coefficient (Wildman–Crippen LogP) is 0.336. The smallest absolute Gasteiger partial charge is 0.314 e. The number of methoxy groups -OCH3 is 1. The summed E-state index contributed by atoms with van der Waals surface area (Å²) < 4.78 is 28.2. The number of halogens is 1. The average molecular weight is 376 g/mol. The largest absolute Gasteiger partial charge is 0.383 e. The van der Waals surface area contributed by atoms with E-state index >= 15 is 0 Å². The number of aromatic nitrogens is 1. The minimum absolute atomic E-state index is 0.00445.